The number of aliphatic hydroxyl groups excluding tert-OH is 4. The molecule has 0 saturated carbocycles. The van der Waals surface area contributed by atoms with Gasteiger partial charge in [0.25, 0.3) is 5.56 Å². The first-order valence-electron chi connectivity index (χ1n) is 25.7. The van der Waals surface area contributed by atoms with Crippen molar-refractivity contribution in [3.63, 3.8) is 0 Å². The van der Waals surface area contributed by atoms with E-state index < -0.39 is 198 Å². The number of nitrogens with one attached hydrogen (secondary N) is 8. The summed E-state index contributed by atoms with van der Waals surface area (Å²) >= 11 is 0. The minimum absolute atomic E-state index is 0.0263. The number of aromatic amines is 1. The van der Waals surface area contributed by atoms with Gasteiger partial charge in [-0.05, 0) is 60.3 Å². The second-order valence-electron chi connectivity index (χ2n) is 19.3. The minimum Gasteiger partial charge on any atom is -0.480 e. The third-order valence-corrected chi connectivity index (χ3v) is 15.0. The van der Waals surface area contributed by atoms with Crippen molar-refractivity contribution in [3.05, 3.63) is 33.1 Å². The maximum atomic E-state index is 13.4. The summed E-state index contributed by atoms with van der Waals surface area (Å²) in [6.45, 7) is 4.62. The van der Waals surface area contributed by atoms with Crippen LogP contribution in [0.25, 0.3) is 0 Å². The predicted octanol–water partition coefficient (Wildman–Crippen LogP) is -6.15. The van der Waals surface area contributed by atoms with E-state index in [1.54, 1.807) is 0 Å². The fourth-order valence-electron chi connectivity index (χ4n) is 7.82. The second kappa shape index (κ2) is 32.7. The van der Waals surface area contributed by atoms with Crippen molar-refractivity contribution in [2.45, 2.75) is 178 Å². The van der Waals surface area contributed by atoms with Crippen LogP contribution in [0.3, 0.4) is 0 Å². The van der Waals surface area contributed by atoms with Gasteiger partial charge < -0.3 is 96.6 Å². The summed E-state index contributed by atoms with van der Waals surface area (Å²) < 4.78 is 57.2. The van der Waals surface area contributed by atoms with Crippen LogP contribution in [0, 0.1) is 0 Å². The number of aliphatic hydroxyl groups is 4. The number of carboxylic acid groups (broad SMARTS) is 2. The molecule has 84 heavy (non-hydrogen) atoms. The predicted molar refractivity (Wildman–Crippen MR) is 277 cm³/mol. The van der Waals surface area contributed by atoms with E-state index in [9.17, 15) is 102 Å². The minimum atomic E-state index is -5.97. The summed E-state index contributed by atoms with van der Waals surface area (Å²) in [5.41, 5.74) is -1.89. The van der Waals surface area contributed by atoms with Gasteiger partial charge in [-0.1, -0.05) is 0 Å². The third kappa shape index (κ3) is 22.9. The summed E-state index contributed by atoms with van der Waals surface area (Å²) in [6.07, 6.45) is -17.1. The lowest BCUT2D eigenvalue weighted by Gasteiger charge is -2.44. The van der Waals surface area contributed by atoms with Crippen LogP contribution < -0.4 is 48.5 Å². The summed E-state index contributed by atoms with van der Waals surface area (Å²) in [7, 11) is -11.8. The van der Waals surface area contributed by atoms with Crippen molar-refractivity contribution in [3.8, 4) is 0 Å². The Kier molecular flexibility index (Phi) is 28.0. The van der Waals surface area contributed by atoms with Crippen LogP contribution in [0.4, 0.5) is 0 Å². The highest BCUT2D eigenvalue weighted by molar-refractivity contribution is 7.61. The number of hydrogen-bond donors (Lipinski definition) is 16. The molecule has 2 aliphatic rings. The number of rotatable bonds is 34. The fraction of sp³-hybridized carbons (Fsp3) is 0.689. The number of H-pyrrole nitrogens is 1. The molecule has 7 amide bonds. The maximum absolute atomic E-state index is 13.4. The molecular formula is C45H71N9O28P2. The third-order valence-electron chi connectivity index (χ3n) is 12.4. The molecule has 2 saturated heterocycles. The van der Waals surface area contributed by atoms with Crippen molar-refractivity contribution < 1.29 is 125 Å². The zero-order chi connectivity index (χ0) is 63.6. The number of carboxylic acids is 2. The molecular weight excluding hydrogens is 1180 g/mol. The number of amides is 7. The molecule has 37 nitrogen and oxygen atoms in total. The number of aromatic nitrogens is 2. The van der Waals surface area contributed by atoms with Crippen molar-refractivity contribution in [1.82, 2.24) is 46.8 Å². The molecule has 1 aromatic rings. The Morgan fingerprint density at radius 1 is 0.702 bits per heavy atom. The quantitative estimate of drug-likeness (QED) is 0.0226. The Bertz CT molecular complexity index is 2750. The molecule has 2 fully saturated rings. The van der Waals surface area contributed by atoms with Gasteiger partial charge in [0.05, 0.1) is 13.2 Å². The Labute approximate surface area is 476 Å². The highest BCUT2D eigenvalue weighted by atomic mass is 31.3. The molecule has 39 heteroatoms. The molecule has 2 unspecified atom stereocenters. The van der Waals surface area contributed by atoms with Gasteiger partial charge in [-0.15, -0.1) is 0 Å². The van der Waals surface area contributed by atoms with Crippen molar-refractivity contribution in [2.75, 3.05) is 19.8 Å². The molecule has 2 aliphatic heterocycles. The Morgan fingerprint density at radius 3 is 1.90 bits per heavy atom. The summed E-state index contributed by atoms with van der Waals surface area (Å²) in [5.74, 6) is -9.57. The second-order valence-corrected chi connectivity index (χ2v) is 22.3. The first-order valence-corrected chi connectivity index (χ1v) is 28.7. The number of ether oxygens (including phenoxy) is 3. The van der Waals surface area contributed by atoms with Crippen LogP contribution >= 0.6 is 15.6 Å². The lowest BCUT2D eigenvalue weighted by molar-refractivity contribution is -0.261. The molecule has 1 aromatic heterocycles. The topological polar surface area (TPSA) is 561 Å². The molecule has 474 valence electrons. The molecule has 16 N–H and O–H groups in total. The molecule has 3 heterocycles. The van der Waals surface area contributed by atoms with Crippen LogP contribution in [0.2, 0.25) is 0 Å². The van der Waals surface area contributed by atoms with E-state index in [2.05, 4.69) is 46.1 Å². The first-order chi connectivity index (χ1) is 39.1. The van der Waals surface area contributed by atoms with E-state index in [-0.39, 0.29) is 44.4 Å². The van der Waals surface area contributed by atoms with Crippen LogP contribution in [0.15, 0.2) is 21.9 Å². The van der Waals surface area contributed by atoms with Gasteiger partial charge in [0, 0.05) is 45.0 Å². The van der Waals surface area contributed by atoms with E-state index in [4.69, 9.17) is 23.8 Å². The number of phosphoric ester groups is 2. The standard InChI is InChI=1S/C45H71N9O28P2/c1-19(56)10-12-29(58)46-15-8-7-9-25(40(67)48-20(2)37(64)49-22(4)42(68)69)51-30(59)13-11-26(43(70)71)52-38(65)21(3)47-39(66)23(5)78-36-32(50-24(6)57)44(80-27(17-55)34(36)62)81-84(75,76)82-83(73,74)77-18-28-33(61)35(63)41(79-28)54-16-14-31(60)53-45(54)72/h14,16,20-23,25-28,32-36,41,44,55,61-63H,7-13,15,17-18H2,1-6H3,(H,46,58)(H,47,66)(H,48,67)(H,49,64)(H,50,57)(H,51,59)(H,52,65)(H,68,69)(H,70,71)(H,73,74)(H,75,76)(H,53,60,72)/t20-,21+,22-,23-,25+,26+,27+,28+,32+,33+,34+,35+,36+,41+,44+/m0/s1. The number of Topliss-reactive ketones (excluding diaryl/α,β-unsaturated/α-hetero) is 1. The van der Waals surface area contributed by atoms with Crippen LogP contribution in [-0.4, -0.2) is 214 Å². The number of ketones is 1. The van der Waals surface area contributed by atoms with Crippen LogP contribution in [0.5, 0.6) is 0 Å². The summed E-state index contributed by atoms with van der Waals surface area (Å²) in [5, 5.41) is 77.3. The van der Waals surface area contributed by atoms with Gasteiger partial charge in [-0.2, -0.15) is 4.31 Å². The number of unbranched alkanes of at least 4 members (excludes halogenated alkanes) is 1. The molecule has 3 rings (SSSR count). The average molecular weight is 1250 g/mol. The number of hydrogen-bond acceptors (Lipinski definition) is 24. The van der Waals surface area contributed by atoms with Gasteiger partial charge in [-0.25, -0.2) is 18.7 Å². The Hall–Kier alpha value is -6.44. The molecule has 0 aromatic carbocycles. The fourth-order valence-corrected chi connectivity index (χ4v) is 9.99. The van der Waals surface area contributed by atoms with E-state index in [0.29, 0.717) is 4.57 Å². The van der Waals surface area contributed by atoms with Crippen LogP contribution in [0.1, 0.15) is 92.7 Å². The Balaban J connectivity index is 1.66. The lowest BCUT2D eigenvalue weighted by atomic mass is 9.96. The zero-order valence-electron chi connectivity index (χ0n) is 46.0. The molecule has 0 bridgehead atoms. The normalized spacial score (nSPS) is 24.8. The lowest BCUT2D eigenvalue weighted by Crippen LogP contribution is -2.66. The largest absolute Gasteiger partial charge is 0.483 e. The monoisotopic (exact) mass is 1250 g/mol. The van der Waals surface area contributed by atoms with Crippen LogP contribution in [-0.2, 0) is 84.6 Å². The van der Waals surface area contributed by atoms with Gasteiger partial charge in [-0.3, -0.25) is 61.7 Å². The molecule has 17 atom stereocenters. The van der Waals surface area contributed by atoms with Crippen molar-refractivity contribution in [1.29, 1.82) is 0 Å². The number of carbonyl (C=O) groups is 10. The number of nitrogens with zero attached hydrogens (tertiary/aromatic N) is 1. The Morgan fingerprint density at radius 2 is 1.32 bits per heavy atom. The average Bonchev–Trinajstić information content (AvgIpc) is 3.19. The first kappa shape index (κ1) is 71.8. The highest BCUT2D eigenvalue weighted by Crippen LogP contribution is 2.61. The SMILES string of the molecule is CC(=O)CCC(=O)NCCCC[C@@H](NC(=O)CC[C@@H](NC(=O)[C@@H](C)NC(=O)[C@H](C)O[C@H]1[C@H](O)[C@@H](CO)O[C@H](OP(=O)(O)OP(=O)(O)OC[C@H]2O[C@@H](n3ccc(=O)[nH]c3=O)[C@H](O)[C@@H]2O)[C@@H]1NC(C)=O)C(=O)O)C(=O)N[C@@H](C)C(=O)N[C@@H](C)C(=O)O. The van der Waals surface area contributed by atoms with E-state index in [0.717, 1.165) is 33.0 Å². The number of carbonyl (C=O) groups excluding carboxylic acids is 8. The smallest absolute Gasteiger partial charge is 0.480 e. The van der Waals surface area contributed by atoms with Gasteiger partial charge in [0.2, 0.25) is 41.4 Å². The van der Waals surface area contributed by atoms with E-state index in [1.807, 2.05) is 4.98 Å². The van der Waals surface area contributed by atoms with Gasteiger partial charge >= 0.3 is 33.3 Å². The number of aliphatic carboxylic acids is 2. The van der Waals surface area contributed by atoms with Crippen molar-refractivity contribution >= 4 is 74.7 Å². The van der Waals surface area contributed by atoms with Gasteiger partial charge in [0.1, 0.15) is 84.8 Å². The molecule has 0 spiro atoms. The zero-order valence-corrected chi connectivity index (χ0v) is 47.8. The van der Waals surface area contributed by atoms with Crippen molar-refractivity contribution in [2.24, 2.45) is 0 Å². The number of phosphoric acid groups is 2. The molecule has 0 aliphatic carbocycles. The summed E-state index contributed by atoms with van der Waals surface area (Å²) in [4.78, 5) is 171. The van der Waals surface area contributed by atoms with Gasteiger partial charge in [0.15, 0.2) is 12.5 Å². The highest BCUT2D eigenvalue weighted by Gasteiger charge is 2.52. The molecule has 0 radical (unpaired) electrons. The summed E-state index contributed by atoms with van der Waals surface area (Å²) in [6, 6.07) is -8.47. The maximum Gasteiger partial charge on any atom is 0.483 e. The van der Waals surface area contributed by atoms with E-state index in [1.165, 1.54) is 20.8 Å². The van der Waals surface area contributed by atoms with E-state index >= 15 is 0 Å².